The first-order chi connectivity index (χ1) is 7.66. The van der Waals surface area contributed by atoms with Crippen molar-refractivity contribution in [3.8, 4) is 0 Å². The summed E-state index contributed by atoms with van der Waals surface area (Å²) in [4.78, 5) is 16.0. The molecule has 4 heteroatoms. The van der Waals surface area contributed by atoms with Crippen LogP contribution in [-0.2, 0) is 4.79 Å². The maximum atomic E-state index is 11.6. The van der Waals surface area contributed by atoms with Gasteiger partial charge in [-0.3, -0.25) is 9.69 Å². The number of alkyl halides is 1. The van der Waals surface area contributed by atoms with Gasteiger partial charge in [-0.15, -0.1) is 11.6 Å². The third-order valence-corrected chi connectivity index (χ3v) is 4.06. The van der Waals surface area contributed by atoms with E-state index in [2.05, 4.69) is 11.8 Å². The molecule has 2 saturated heterocycles. The molecule has 2 aliphatic rings. The average molecular weight is 245 g/mol. The molecule has 0 bridgehead atoms. The number of nitrogens with zero attached hydrogens (tertiary/aromatic N) is 2. The lowest BCUT2D eigenvalue weighted by Gasteiger charge is -2.34. The minimum absolute atomic E-state index is 0.0336. The Labute approximate surface area is 103 Å². The van der Waals surface area contributed by atoms with Crippen LogP contribution < -0.4 is 0 Å². The van der Waals surface area contributed by atoms with Gasteiger partial charge in [0.1, 0.15) is 0 Å². The highest BCUT2D eigenvalue weighted by Crippen LogP contribution is 2.18. The second kappa shape index (κ2) is 5.37. The predicted octanol–water partition coefficient (Wildman–Crippen LogP) is 1.70. The first-order valence-corrected chi connectivity index (χ1v) is 6.76. The maximum absolute atomic E-state index is 11.6. The molecule has 16 heavy (non-hydrogen) atoms. The van der Waals surface area contributed by atoms with Crippen LogP contribution in [0.5, 0.6) is 0 Å². The largest absolute Gasteiger partial charge is 0.340 e. The van der Waals surface area contributed by atoms with E-state index >= 15 is 0 Å². The van der Waals surface area contributed by atoms with Crippen molar-refractivity contribution >= 4 is 17.5 Å². The molecule has 0 saturated carbocycles. The topological polar surface area (TPSA) is 23.6 Å². The Morgan fingerprint density at radius 2 is 2.19 bits per heavy atom. The fraction of sp³-hybridized carbons (Fsp3) is 0.917. The van der Waals surface area contributed by atoms with Crippen LogP contribution in [0.1, 0.15) is 32.6 Å². The highest BCUT2D eigenvalue weighted by molar-refractivity contribution is 6.22. The van der Waals surface area contributed by atoms with Gasteiger partial charge in [0.25, 0.3) is 0 Å². The van der Waals surface area contributed by atoms with Gasteiger partial charge in [-0.1, -0.05) is 6.42 Å². The molecule has 2 unspecified atom stereocenters. The monoisotopic (exact) mass is 244 g/mol. The number of amides is 1. The van der Waals surface area contributed by atoms with Crippen molar-refractivity contribution in [1.82, 2.24) is 9.80 Å². The summed E-state index contributed by atoms with van der Waals surface area (Å²) in [5, 5.41) is 0.0336. The minimum Gasteiger partial charge on any atom is -0.340 e. The molecular formula is C12H21ClN2O. The number of hydrogen-bond donors (Lipinski definition) is 0. The molecule has 2 aliphatic heterocycles. The van der Waals surface area contributed by atoms with Crippen molar-refractivity contribution in [1.29, 1.82) is 0 Å². The second-order valence-corrected chi connectivity index (χ2v) is 5.64. The van der Waals surface area contributed by atoms with Gasteiger partial charge >= 0.3 is 0 Å². The quantitative estimate of drug-likeness (QED) is 0.706. The predicted molar refractivity (Wildman–Crippen MR) is 65.7 cm³/mol. The van der Waals surface area contributed by atoms with Crippen LogP contribution in [0.4, 0.5) is 0 Å². The van der Waals surface area contributed by atoms with Crippen molar-refractivity contribution in [2.45, 2.75) is 44.0 Å². The molecule has 0 aliphatic carbocycles. The Bertz CT molecular complexity index is 259. The molecule has 2 rings (SSSR count). The van der Waals surface area contributed by atoms with Crippen LogP contribution in [0.15, 0.2) is 0 Å². The molecule has 3 nitrogen and oxygen atoms in total. The summed E-state index contributed by atoms with van der Waals surface area (Å²) < 4.78 is 0. The van der Waals surface area contributed by atoms with Crippen LogP contribution in [0.2, 0.25) is 0 Å². The molecule has 0 aromatic heterocycles. The molecule has 1 amide bonds. The van der Waals surface area contributed by atoms with E-state index in [9.17, 15) is 4.79 Å². The highest BCUT2D eigenvalue weighted by atomic mass is 35.5. The highest BCUT2D eigenvalue weighted by Gasteiger charge is 2.28. The standard InChI is InChI=1S/C12H21ClN2O/c1-10-4-2-3-5-14(10)6-7-15-9-11(13)8-12(15)16/h10-11H,2-9H2,1H3. The zero-order valence-corrected chi connectivity index (χ0v) is 10.7. The van der Waals surface area contributed by atoms with Crippen LogP contribution in [0.3, 0.4) is 0 Å². The van der Waals surface area contributed by atoms with Gasteiger partial charge in [0.05, 0.1) is 5.38 Å². The fourth-order valence-electron chi connectivity index (χ4n) is 2.68. The number of rotatable bonds is 3. The van der Waals surface area contributed by atoms with E-state index in [1.165, 1.54) is 25.8 Å². The molecule has 2 heterocycles. The molecular weight excluding hydrogens is 224 g/mol. The number of hydrogen-bond acceptors (Lipinski definition) is 2. The zero-order chi connectivity index (χ0) is 11.5. The number of halogens is 1. The van der Waals surface area contributed by atoms with Crippen LogP contribution in [0.25, 0.3) is 0 Å². The van der Waals surface area contributed by atoms with Crippen LogP contribution in [-0.4, -0.2) is 53.3 Å². The number of piperidine rings is 1. The summed E-state index contributed by atoms with van der Waals surface area (Å²) in [7, 11) is 0. The van der Waals surface area contributed by atoms with Crippen molar-refractivity contribution in [3.63, 3.8) is 0 Å². The van der Waals surface area contributed by atoms with Gasteiger partial charge in [0, 0.05) is 32.1 Å². The third kappa shape index (κ3) is 2.89. The Morgan fingerprint density at radius 1 is 1.38 bits per heavy atom. The molecule has 0 aromatic rings. The Kier molecular flexibility index (Phi) is 4.09. The smallest absolute Gasteiger partial charge is 0.224 e. The van der Waals surface area contributed by atoms with Gasteiger partial charge in [0.15, 0.2) is 0 Å². The van der Waals surface area contributed by atoms with Gasteiger partial charge in [-0.05, 0) is 26.3 Å². The molecule has 2 atom stereocenters. The van der Waals surface area contributed by atoms with Crippen LogP contribution in [0, 0.1) is 0 Å². The molecule has 0 spiro atoms. The van der Waals surface area contributed by atoms with Crippen LogP contribution >= 0.6 is 11.6 Å². The average Bonchev–Trinajstić information content (AvgIpc) is 2.56. The summed E-state index contributed by atoms with van der Waals surface area (Å²) in [5.41, 5.74) is 0. The lowest BCUT2D eigenvalue weighted by Crippen LogP contribution is -2.42. The lowest BCUT2D eigenvalue weighted by molar-refractivity contribution is -0.127. The zero-order valence-electron chi connectivity index (χ0n) is 9.99. The molecule has 0 N–H and O–H groups in total. The normalized spacial score (nSPS) is 32.4. The third-order valence-electron chi connectivity index (χ3n) is 3.77. The number of carbonyl (C=O) groups is 1. The van der Waals surface area contributed by atoms with Crippen molar-refractivity contribution in [2.75, 3.05) is 26.2 Å². The number of likely N-dealkylation sites (tertiary alicyclic amines) is 2. The molecule has 2 fully saturated rings. The Morgan fingerprint density at radius 3 is 2.81 bits per heavy atom. The lowest BCUT2D eigenvalue weighted by atomic mass is 10.0. The molecule has 92 valence electrons. The summed E-state index contributed by atoms with van der Waals surface area (Å²) in [5.74, 6) is 0.227. The first-order valence-electron chi connectivity index (χ1n) is 6.32. The van der Waals surface area contributed by atoms with E-state index in [4.69, 9.17) is 11.6 Å². The van der Waals surface area contributed by atoms with E-state index in [1.54, 1.807) is 0 Å². The summed E-state index contributed by atoms with van der Waals surface area (Å²) >= 11 is 5.98. The first kappa shape index (κ1) is 12.2. The summed E-state index contributed by atoms with van der Waals surface area (Å²) in [6.07, 6.45) is 4.48. The summed E-state index contributed by atoms with van der Waals surface area (Å²) in [6, 6.07) is 0.679. The SMILES string of the molecule is CC1CCCCN1CCN1CC(Cl)CC1=O. The van der Waals surface area contributed by atoms with E-state index < -0.39 is 0 Å². The minimum atomic E-state index is 0.0336. The second-order valence-electron chi connectivity index (χ2n) is 5.02. The Hall–Kier alpha value is -0.280. The molecule has 0 aromatic carbocycles. The van der Waals surface area contributed by atoms with E-state index in [0.717, 1.165) is 19.6 Å². The van der Waals surface area contributed by atoms with Gasteiger partial charge in [0.2, 0.25) is 5.91 Å². The van der Waals surface area contributed by atoms with Crippen molar-refractivity contribution in [3.05, 3.63) is 0 Å². The fourth-order valence-corrected chi connectivity index (χ4v) is 2.98. The van der Waals surface area contributed by atoms with Gasteiger partial charge in [-0.25, -0.2) is 0 Å². The van der Waals surface area contributed by atoms with Gasteiger partial charge < -0.3 is 4.90 Å². The maximum Gasteiger partial charge on any atom is 0.224 e. The van der Waals surface area contributed by atoms with E-state index in [1.807, 2.05) is 4.90 Å². The molecule has 0 radical (unpaired) electrons. The van der Waals surface area contributed by atoms with Crippen molar-refractivity contribution in [2.24, 2.45) is 0 Å². The van der Waals surface area contributed by atoms with Crippen molar-refractivity contribution < 1.29 is 4.79 Å². The summed E-state index contributed by atoms with van der Waals surface area (Å²) in [6.45, 7) is 6.08. The van der Waals surface area contributed by atoms with E-state index in [-0.39, 0.29) is 11.3 Å². The van der Waals surface area contributed by atoms with Gasteiger partial charge in [-0.2, -0.15) is 0 Å². The van der Waals surface area contributed by atoms with E-state index in [0.29, 0.717) is 12.5 Å². The number of carbonyl (C=O) groups excluding carboxylic acids is 1. The Balaban J connectivity index is 1.76.